The summed E-state index contributed by atoms with van der Waals surface area (Å²) in [6.07, 6.45) is 0.999. The van der Waals surface area contributed by atoms with Crippen LogP contribution in [0.3, 0.4) is 0 Å². The largest absolute Gasteiger partial charge is 0.451 e. The molecule has 0 bridgehead atoms. The van der Waals surface area contributed by atoms with Gasteiger partial charge in [-0.25, -0.2) is 9.78 Å². The average Bonchev–Trinajstić information content (AvgIpc) is 3.08. The first-order valence-corrected chi connectivity index (χ1v) is 9.51. The van der Waals surface area contributed by atoms with Crippen molar-refractivity contribution in [1.82, 2.24) is 4.98 Å². The molecule has 0 aliphatic heterocycles. The predicted molar refractivity (Wildman–Crippen MR) is 105 cm³/mol. The van der Waals surface area contributed by atoms with E-state index in [1.54, 1.807) is 11.4 Å². The highest BCUT2D eigenvalue weighted by molar-refractivity contribution is 7.13. The maximum Gasteiger partial charge on any atom is 0.358 e. The van der Waals surface area contributed by atoms with E-state index < -0.39 is 18.5 Å². The van der Waals surface area contributed by atoms with E-state index in [1.165, 1.54) is 23.5 Å². The van der Waals surface area contributed by atoms with Crippen LogP contribution in [0.2, 0.25) is 5.02 Å². The molecule has 27 heavy (non-hydrogen) atoms. The van der Waals surface area contributed by atoms with E-state index in [9.17, 15) is 9.59 Å². The fourth-order valence-electron chi connectivity index (χ4n) is 2.00. The summed E-state index contributed by atoms with van der Waals surface area (Å²) in [7, 11) is 0. The lowest BCUT2D eigenvalue weighted by atomic mass is 10.1. The third kappa shape index (κ3) is 6.55. The Labute approximate surface area is 166 Å². The molecule has 0 saturated carbocycles. The number of aromatic nitrogens is 1. The van der Waals surface area contributed by atoms with Crippen molar-refractivity contribution < 1.29 is 14.3 Å². The Kier molecular flexibility index (Phi) is 7.58. The molecule has 0 atom stereocenters. The number of thiazole rings is 1. The number of hydrogen-bond donors (Lipinski definition) is 2. The molecule has 2 N–H and O–H groups in total. The number of carbonyl (C=O) groups is 2. The zero-order valence-electron chi connectivity index (χ0n) is 14.9. The summed E-state index contributed by atoms with van der Waals surface area (Å²) in [6.45, 7) is 4.58. The summed E-state index contributed by atoms with van der Waals surface area (Å²) in [5.74, 6) is -0.614. The first kappa shape index (κ1) is 20.7. The Morgan fingerprint density at radius 3 is 2.85 bits per heavy atom. The lowest BCUT2D eigenvalue weighted by molar-refractivity contribution is -0.119. The van der Waals surface area contributed by atoms with Gasteiger partial charge in [-0.05, 0) is 30.5 Å². The van der Waals surface area contributed by atoms with E-state index in [0.29, 0.717) is 22.3 Å². The predicted octanol–water partition coefficient (Wildman–Crippen LogP) is 3.92. The summed E-state index contributed by atoms with van der Waals surface area (Å²) in [5.41, 5.74) is 0.869. The molecule has 0 fully saturated rings. The molecule has 1 aromatic heterocycles. The minimum absolute atomic E-state index is 0.154. The Hall–Kier alpha value is -2.63. The van der Waals surface area contributed by atoms with Gasteiger partial charge in [0, 0.05) is 17.6 Å². The maximum absolute atomic E-state index is 12.0. The number of rotatable bonds is 8. The van der Waals surface area contributed by atoms with Crippen molar-refractivity contribution in [1.29, 1.82) is 5.26 Å². The molecular formula is C18H19ClN4O3S. The lowest BCUT2D eigenvalue weighted by Crippen LogP contribution is -2.21. The van der Waals surface area contributed by atoms with Crippen molar-refractivity contribution in [3.05, 3.63) is 39.9 Å². The number of amides is 1. The third-order valence-corrected chi connectivity index (χ3v) is 4.53. The number of halogens is 1. The van der Waals surface area contributed by atoms with Gasteiger partial charge >= 0.3 is 5.97 Å². The van der Waals surface area contributed by atoms with Crippen molar-refractivity contribution in [2.45, 2.75) is 20.3 Å². The summed E-state index contributed by atoms with van der Waals surface area (Å²) in [5, 5.41) is 17.0. The Balaban J connectivity index is 1.81. The summed E-state index contributed by atoms with van der Waals surface area (Å²) in [4.78, 5) is 28.0. The number of carbonyl (C=O) groups excluding carboxylic acids is 2. The number of nitrogens with zero attached hydrogens (tertiary/aromatic N) is 2. The van der Waals surface area contributed by atoms with Crippen LogP contribution in [0.15, 0.2) is 23.6 Å². The van der Waals surface area contributed by atoms with Gasteiger partial charge in [0.25, 0.3) is 5.91 Å². The molecular weight excluding hydrogens is 388 g/mol. The molecule has 1 heterocycles. The lowest BCUT2D eigenvalue weighted by Gasteiger charge is -2.07. The second-order valence-corrected chi connectivity index (χ2v) is 7.34. The molecule has 0 saturated heterocycles. The first-order chi connectivity index (χ1) is 12.9. The van der Waals surface area contributed by atoms with Crippen LogP contribution in [0.4, 0.5) is 10.8 Å². The molecule has 142 valence electrons. The SMILES string of the molecule is CC(C)CCNc1nc(C(=O)OCC(=O)Nc2ccc(C#N)c(Cl)c2)cs1. The number of anilines is 2. The van der Waals surface area contributed by atoms with E-state index >= 15 is 0 Å². The number of nitriles is 1. The van der Waals surface area contributed by atoms with Gasteiger partial charge in [0.05, 0.1) is 10.6 Å². The minimum atomic E-state index is -0.670. The van der Waals surface area contributed by atoms with Crippen molar-refractivity contribution >= 4 is 45.6 Å². The van der Waals surface area contributed by atoms with Gasteiger partial charge in [-0.15, -0.1) is 11.3 Å². The van der Waals surface area contributed by atoms with E-state index in [-0.39, 0.29) is 10.7 Å². The minimum Gasteiger partial charge on any atom is -0.451 e. The quantitative estimate of drug-likeness (QED) is 0.644. The number of esters is 1. The second-order valence-electron chi connectivity index (χ2n) is 6.08. The van der Waals surface area contributed by atoms with Gasteiger partial charge in [-0.2, -0.15) is 5.26 Å². The van der Waals surface area contributed by atoms with Crippen molar-refractivity contribution in [2.24, 2.45) is 5.92 Å². The van der Waals surface area contributed by atoms with Crippen molar-refractivity contribution in [2.75, 3.05) is 23.8 Å². The van der Waals surface area contributed by atoms with Crippen LogP contribution in [-0.4, -0.2) is 30.0 Å². The maximum atomic E-state index is 12.0. The molecule has 2 rings (SSSR count). The molecule has 0 aliphatic rings. The summed E-state index contributed by atoms with van der Waals surface area (Å²) >= 11 is 7.21. The van der Waals surface area contributed by atoms with Gasteiger partial charge in [-0.1, -0.05) is 25.4 Å². The topological polar surface area (TPSA) is 104 Å². The highest BCUT2D eigenvalue weighted by atomic mass is 35.5. The van der Waals surface area contributed by atoms with E-state index in [1.807, 2.05) is 6.07 Å². The normalized spacial score (nSPS) is 10.3. The van der Waals surface area contributed by atoms with E-state index in [4.69, 9.17) is 21.6 Å². The smallest absolute Gasteiger partial charge is 0.358 e. The molecule has 7 nitrogen and oxygen atoms in total. The van der Waals surface area contributed by atoms with Gasteiger partial charge < -0.3 is 15.4 Å². The molecule has 0 unspecified atom stereocenters. The van der Waals surface area contributed by atoms with E-state index in [0.717, 1.165) is 13.0 Å². The fraction of sp³-hybridized carbons (Fsp3) is 0.333. The van der Waals surface area contributed by atoms with Gasteiger partial charge in [0.15, 0.2) is 17.4 Å². The molecule has 0 radical (unpaired) electrons. The van der Waals surface area contributed by atoms with Gasteiger partial charge in [0.1, 0.15) is 6.07 Å². The van der Waals surface area contributed by atoms with Crippen LogP contribution >= 0.6 is 22.9 Å². The number of nitrogens with one attached hydrogen (secondary N) is 2. The zero-order valence-corrected chi connectivity index (χ0v) is 16.5. The van der Waals surface area contributed by atoms with Crippen molar-refractivity contribution in [3.8, 4) is 6.07 Å². The number of ether oxygens (including phenoxy) is 1. The molecule has 0 aliphatic carbocycles. The van der Waals surface area contributed by atoms with Crippen molar-refractivity contribution in [3.63, 3.8) is 0 Å². The van der Waals surface area contributed by atoms with Crippen LogP contribution in [0.5, 0.6) is 0 Å². The first-order valence-electron chi connectivity index (χ1n) is 8.25. The zero-order chi connectivity index (χ0) is 19.8. The summed E-state index contributed by atoms with van der Waals surface area (Å²) < 4.78 is 4.97. The van der Waals surface area contributed by atoms with Crippen LogP contribution in [0.25, 0.3) is 0 Å². The monoisotopic (exact) mass is 406 g/mol. The molecule has 1 aromatic carbocycles. The fourth-order valence-corrected chi connectivity index (χ4v) is 2.93. The molecule has 1 amide bonds. The molecule has 2 aromatic rings. The Morgan fingerprint density at radius 2 is 2.19 bits per heavy atom. The highest BCUT2D eigenvalue weighted by Gasteiger charge is 2.14. The number of benzene rings is 1. The molecule has 0 spiro atoms. The summed E-state index contributed by atoms with van der Waals surface area (Å²) in [6, 6.07) is 6.42. The average molecular weight is 407 g/mol. The third-order valence-electron chi connectivity index (χ3n) is 3.42. The Bertz CT molecular complexity index is 861. The van der Waals surface area contributed by atoms with Gasteiger partial charge in [-0.3, -0.25) is 4.79 Å². The Morgan fingerprint density at radius 1 is 1.41 bits per heavy atom. The van der Waals surface area contributed by atoms with Crippen LogP contribution < -0.4 is 10.6 Å². The highest BCUT2D eigenvalue weighted by Crippen LogP contribution is 2.20. The molecule has 9 heteroatoms. The number of hydrogen-bond acceptors (Lipinski definition) is 7. The van der Waals surface area contributed by atoms with Crippen LogP contribution in [0.1, 0.15) is 36.3 Å². The van der Waals surface area contributed by atoms with Crippen LogP contribution in [-0.2, 0) is 9.53 Å². The second kappa shape index (κ2) is 9.90. The van der Waals surface area contributed by atoms with Gasteiger partial charge in [0.2, 0.25) is 0 Å². The van der Waals surface area contributed by atoms with E-state index in [2.05, 4.69) is 29.5 Å². The van der Waals surface area contributed by atoms with Crippen LogP contribution in [0, 0.1) is 17.2 Å². The standard InChI is InChI=1S/C18H19ClN4O3S/c1-11(2)5-6-21-18-23-15(10-27-18)17(25)26-9-16(24)22-13-4-3-12(8-20)14(19)7-13/h3-4,7,10-11H,5-6,9H2,1-2H3,(H,21,23)(H,22,24).